The molecule has 0 spiro atoms. The number of amides is 2. The Bertz CT molecular complexity index is 1220. The molecule has 3 heterocycles. The Balaban J connectivity index is 1.38. The van der Waals surface area contributed by atoms with Crippen LogP contribution in [0.15, 0.2) is 63.3 Å². The number of benzene rings is 2. The van der Waals surface area contributed by atoms with Gasteiger partial charge in [-0.15, -0.1) is 0 Å². The molecule has 1 saturated heterocycles. The van der Waals surface area contributed by atoms with Crippen LogP contribution in [0.25, 0.3) is 11.5 Å². The first kappa shape index (κ1) is 19.9. The van der Waals surface area contributed by atoms with Crippen LogP contribution in [0.2, 0.25) is 0 Å². The minimum atomic E-state index is -0.867. The molecule has 2 atom stereocenters. The number of oxazole rings is 1. The standard InChI is InChI=1S/C23H21N5O4/c1-13-4-6-15(7-5-13)21-24-18(14(2)32-21)12-27-20-19(25-26-27)22(29)28(23(20)30)16-8-10-17(31-3)11-9-16/h4-11,19-20H,12H2,1-3H3/t19-,20-/m1/s1. The Morgan fingerprint density at radius 1 is 1.00 bits per heavy atom. The first-order valence-electron chi connectivity index (χ1n) is 10.2. The van der Waals surface area contributed by atoms with Crippen LogP contribution in [0, 0.1) is 13.8 Å². The van der Waals surface area contributed by atoms with Crippen LogP contribution in [0.5, 0.6) is 5.75 Å². The molecule has 2 aliphatic heterocycles. The summed E-state index contributed by atoms with van der Waals surface area (Å²) in [7, 11) is 1.56. The molecule has 2 amide bonds. The van der Waals surface area contributed by atoms with Crippen molar-refractivity contribution in [1.29, 1.82) is 0 Å². The van der Waals surface area contributed by atoms with Crippen LogP contribution in [-0.2, 0) is 16.1 Å². The fourth-order valence-electron chi connectivity index (χ4n) is 3.89. The summed E-state index contributed by atoms with van der Waals surface area (Å²) in [6, 6.07) is 13.0. The van der Waals surface area contributed by atoms with E-state index in [-0.39, 0.29) is 12.5 Å². The lowest BCUT2D eigenvalue weighted by molar-refractivity contribution is -0.123. The molecule has 162 valence electrons. The molecule has 1 fully saturated rings. The molecule has 3 aromatic rings. The van der Waals surface area contributed by atoms with Crippen molar-refractivity contribution in [3.05, 3.63) is 65.5 Å². The van der Waals surface area contributed by atoms with Gasteiger partial charge in [-0.1, -0.05) is 22.9 Å². The van der Waals surface area contributed by atoms with E-state index in [9.17, 15) is 9.59 Å². The van der Waals surface area contributed by atoms with Crippen molar-refractivity contribution < 1.29 is 18.7 Å². The number of methoxy groups -OCH3 is 1. The topological polar surface area (TPSA) is 101 Å². The lowest BCUT2D eigenvalue weighted by Gasteiger charge is -2.20. The molecule has 0 saturated carbocycles. The monoisotopic (exact) mass is 431 g/mol. The van der Waals surface area contributed by atoms with Crippen LogP contribution in [0.1, 0.15) is 17.0 Å². The second-order valence-corrected chi connectivity index (χ2v) is 7.79. The molecule has 0 N–H and O–H groups in total. The summed E-state index contributed by atoms with van der Waals surface area (Å²) in [4.78, 5) is 31.8. The first-order valence-corrected chi connectivity index (χ1v) is 10.2. The van der Waals surface area contributed by atoms with Gasteiger partial charge >= 0.3 is 0 Å². The highest BCUT2D eigenvalue weighted by Crippen LogP contribution is 2.34. The molecule has 2 aliphatic rings. The highest BCUT2D eigenvalue weighted by Gasteiger charge is 2.54. The molecular weight excluding hydrogens is 410 g/mol. The number of aryl methyl sites for hydroxylation is 2. The maximum Gasteiger partial charge on any atom is 0.263 e. The zero-order valence-corrected chi connectivity index (χ0v) is 17.8. The maximum atomic E-state index is 13.2. The number of hydrogen-bond donors (Lipinski definition) is 0. The van der Waals surface area contributed by atoms with Gasteiger partial charge in [0.05, 0.1) is 19.3 Å². The first-order chi connectivity index (χ1) is 15.5. The molecule has 0 aliphatic carbocycles. The number of hydrogen-bond acceptors (Lipinski definition) is 8. The van der Waals surface area contributed by atoms with Gasteiger partial charge in [-0.25, -0.2) is 9.88 Å². The number of anilines is 1. The molecule has 0 radical (unpaired) electrons. The maximum absolute atomic E-state index is 13.2. The van der Waals surface area contributed by atoms with Crippen molar-refractivity contribution in [2.45, 2.75) is 32.5 Å². The van der Waals surface area contributed by atoms with Gasteiger partial charge in [0.15, 0.2) is 12.1 Å². The van der Waals surface area contributed by atoms with E-state index in [1.807, 2.05) is 38.1 Å². The number of aromatic nitrogens is 1. The average Bonchev–Trinajstić information content (AvgIpc) is 3.45. The van der Waals surface area contributed by atoms with Crippen molar-refractivity contribution >= 4 is 17.5 Å². The van der Waals surface area contributed by atoms with E-state index in [0.717, 1.165) is 16.0 Å². The number of rotatable bonds is 5. The van der Waals surface area contributed by atoms with Crippen molar-refractivity contribution in [3.8, 4) is 17.2 Å². The minimum Gasteiger partial charge on any atom is -0.497 e. The lowest BCUT2D eigenvalue weighted by Crippen LogP contribution is -2.39. The van der Waals surface area contributed by atoms with Gasteiger partial charge < -0.3 is 9.15 Å². The molecule has 5 rings (SSSR count). The second kappa shape index (κ2) is 7.60. The molecular formula is C23H21N5O4. The summed E-state index contributed by atoms with van der Waals surface area (Å²) in [5.41, 5.74) is 3.13. The molecule has 9 heteroatoms. The van der Waals surface area contributed by atoms with Crippen molar-refractivity contribution in [2.75, 3.05) is 12.0 Å². The van der Waals surface area contributed by atoms with Crippen LogP contribution in [0.3, 0.4) is 0 Å². The summed E-state index contributed by atoms with van der Waals surface area (Å²) < 4.78 is 11.0. The third kappa shape index (κ3) is 3.22. The number of imide groups is 1. The minimum absolute atomic E-state index is 0.210. The molecule has 1 aromatic heterocycles. The Labute approximate surface area is 184 Å². The van der Waals surface area contributed by atoms with E-state index in [1.165, 1.54) is 5.01 Å². The Morgan fingerprint density at radius 2 is 1.72 bits per heavy atom. The van der Waals surface area contributed by atoms with E-state index >= 15 is 0 Å². The highest BCUT2D eigenvalue weighted by molar-refractivity contribution is 6.25. The number of nitrogens with zero attached hydrogens (tertiary/aromatic N) is 5. The number of fused-ring (bicyclic) bond motifs is 1. The third-order valence-electron chi connectivity index (χ3n) is 5.69. The van der Waals surface area contributed by atoms with Gasteiger partial charge in [-0.3, -0.25) is 14.6 Å². The van der Waals surface area contributed by atoms with E-state index in [1.54, 1.807) is 31.4 Å². The molecule has 2 aromatic carbocycles. The Hall–Kier alpha value is -4.01. The SMILES string of the molecule is COc1ccc(N2C(=O)[C@@H]3N=NN(Cc4nc(-c5ccc(C)cc5)oc4C)[C@H]3C2=O)cc1. The predicted octanol–water partition coefficient (Wildman–Crippen LogP) is 3.46. The third-order valence-corrected chi connectivity index (χ3v) is 5.69. The average molecular weight is 431 g/mol. The van der Waals surface area contributed by atoms with E-state index < -0.39 is 18.0 Å². The summed E-state index contributed by atoms with van der Waals surface area (Å²) >= 11 is 0. The van der Waals surface area contributed by atoms with E-state index in [2.05, 4.69) is 15.3 Å². The van der Waals surface area contributed by atoms with Crippen LogP contribution < -0.4 is 9.64 Å². The van der Waals surface area contributed by atoms with Gasteiger partial charge in [0.1, 0.15) is 17.2 Å². The molecule has 0 unspecified atom stereocenters. The molecule has 32 heavy (non-hydrogen) atoms. The normalized spacial score (nSPS) is 19.7. The van der Waals surface area contributed by atoms with E-state index in [4.69, 9.17) is 9.15 Å². The molecule has 9 nitrogen and oxygen atoms in total. The van der Waals surface area contributed by atoms with Gasteiger partial charge in [0, 0.05) is 5.56 Å². The van der Waals surface area contributed by atoms with E-state index in [0.29, 0.717) is 28.8 Å². The largest absolute Gasteiger partial charge is 0.497 e. The van der Waals surface area contributed by atoms with Gasteiger partial charge in [-0.05, 0) is 50.2 Å². The highest BCUT2D eigenvalue weighted by atomic mass is 16.5. The number of carbonyl (C=O) groups is 2. The van der Waals surface area contributed by atoms with Crippen molar-refractivity contribution in [2.24, 2.45) is 10.3 Å². The lowest BCUT2D eigenvalue weighted by atomic mass is 10.1. The van der Waals surface area contributed by atoms with Gasteiger partial charge in [-0.2, -0.15) is 5.11 Å². The number of ether oxygens (including phenoxy) is 1. The van der Waals surface area contributed by atoms with Crippen LogP contribution in [-0.4, -0.2) is 41.0 Å². The summed E-state index contributed by atoms with van der Waals surface area (Å²) in [6.07, 6.45) is 0. The summed E-state index contributed by atoms with van der Waals surface area (Å²) in [5, 5.41) is 9.68. The number of carbonyl (C=O) groups excluding carboxylic acids is 2. The quantitative estimate of drug-likeness (QED) is 0.574. The zero-order valence-electron chi connectivity index (χ0n) is 17.8. The predicted molar refractivity (Wildman–Crippen MR) is 115 cm³/mol. The summed E-state index contributed by atoms with van der Waals surface area (Å²) in [5.74, 6) is 1.01. The Kier molecular flexibility index (Phi) is 4.73. The zero-order chi connectivity index (χ0) is 22.4. The van der Waals surface area contributed by atoms with Crippen molar-refractivity contribution in [3.63, 3.8) is 0 Å². The summed E-state index contributed by atoms with van der Waals surface area (Å²) in [6.45, 7) is 4.04. The fourth-order valence-corrected chi connectivity index (χ4v) is 3.89. The van der Waals surface area contributed by atoms with Gasteiger partial charge in [0.2, 0.25) is 5.89 Å². The Morgan fingerprint density at radius 3 is 2.41 bits per heavy atom. The van der Waals surface area contributed by atoms with Crippen LogP contribution in [0.4, 0.5) is 5.69 Å². The smallest absolute Gasteiger partial charge is 0.263 e. The molecule has 0 bridgehead atoms. The van der Waals surface area contributed by atoms with Crippen molar-refractivity contribution in [1.82, 2.24) is 9.99 Å². The second-order valence-electron chi connectivity index (χ2n) is 7.79. The van der Waals surface area contributed by atoms with Gasteiger partial charge in [0.25, 0.3) is 11.8 Å². The fraction of sp³-hybridized carbons (Fsp3) is 0.261. The van der Waals surface area contributed by atoms with Crippen LogP contribution >= 0.6 is 0 Å².